The normalized spacial score (nSPS) is 16.4. The largest absolute Gasteiger partial charge is 0.463 e. The number of benzene rings is 2. The summed E-state index contributed by atoms with van der Waals surface area (Å²) in [7, 11) is 0. The van der Waals surface area contributed by atoms with Crippen LogP contribution in [0.15, 0.2) is 65.9 Å². The first-order valence-electron chi connectivity index (χ1n) is 9.31. The number of hydrogen-bond acceptors (Lipinski definition) is 4. The molecule has 6 nitrogen and oxygen atoms in total. The van der Waals surface area contributed by atoms with Gasteiger partial charge in [0.2, 0.25) is 0 Å². The number of para-hydroxylation sites is 1. The minimum absolute atomic E-state index is 0.0447. The van der Waals surface area contributed by atoms with E-state index in [2.05, 4.69) is 10.6 Å². The van der Waals surface area contributed by atoms with Crippen LogP contribution in [-0.4, -0.2) is 18.6 Å². The monoisotopic (exact) mass is 380 g/mol. The first kappa shape index (κ1) is 19.5. The van der Waals surface area contributed by atoms with Crippen LogP contribution in [0.4, 0.5) is 4.79 Å². The van der Waals surface area contributed by atoms with Gasteiger partial charge in [-0.3, -0.25) is 0 Å². The average Bonchev–Trinajstić information content (AvgIpc) is 2.68. The van der Waals surface area contributed by atoms with E-state index < -0.39 is 12.0 Å². The van der Waals surface area contributed by atoms with Gasteiger partial charge in [-0.25, -0.2) is 9.59 Å². The van der Waals surface area contributed by atoms with Crippen molar-refractivity contribution in [2.75, 3.05) is 6.61 Å². The van der Waals surface area contributed by atoms with Crippen molar-refractivity contribution >= 4 is 12.0 Å². The predicted octanol–water partition coefficient (Wildman–Crippen LogP) is 4.31. The lowest BCUT2D eigenvalue weighted by Crippen LogP contribution is -2.47. The molecule has 0 aromatic heterocycles. The second-order valence-electron chi connectivity index (χ2n) is 6.72. The first-order valence-corrected chi connectivity index (χ1v) is 9.31. The van der Waals surface area contributed by atoms with Crippen LogP contribution in [0.2, 0.25) is 0 Å². The molecule has 0 aliphatic carbocycles. The molecule has 2 N–H and O–H groups in total. The van der Waals surface area contributed by atoms with Gasteiger partial charge in [-0.2, -0.15) is 0 Å². The number of amides is 2. The zero-order chi connectivity index (χ0) is 20.1. The van der Waals surface area contributed by atoms with Crippen LogP contribution < -0.4 is 15.4 Å². The first-order chi connectivity index (χ1) is 13.5. The maximum Gasteiger partial charge on any atom is 0.338 e. The molecule has 0 saturated heterocycles. The van der Waals surface area contributed by atoms with E-state index in [4.69, 9.17) is 9.47 Å². The van der Waals surface area contributed by atoms with Gasteiger partial charge < -0.3 is 20.1 Å². The van der Waals surface area contributed by atoms with Gasteiger partial charge in [0.1, 0.15) is 11.5 Å². The van der Waals surface area contributed by atoms with Gasteiger partial charge in [0.05, 0.1) is 18.2 Å². The van der Waals surface area contributed by atoms with Crippen molar-refractivity contribution in [3.05, 3.63) is 71.4 Å². The number of carbonyl (C=O) groups excluding carboxylic acids is 2. The Hall–Kier alpha value is -3.28. The van der Waals surface area contributed by atoms with Crippen LogP contribution in [-0.2, 0) is 9.53 Å². The number of rotatable bonds is 6. The molecule has 1 atom stereocenters. The summed E-state index contributed by atoms with van der Waals surface area (Å²) in [5, 5.41) is 5.59. The van der Waals surface area contributed by atoms with E-state index in [1.807, 2.05) is 68.4 Å². The second kappa shape index (κ2) is 8.61. The molecular weight excluding hydrogens is 356 g/mol. The summed E-state index contributed by atoms with van der Waals surface area (Å²) >= 11 is 0. The Morgan fingerprint density at radius 3 is 2.46 bits per heavy atom. The number of nitrogens with one attached hydrogen (secondary N) is 2. The molecule has 2 amide bonds. The molecule has 0 spiro atoms. The Morgan fingerprint density at radius 1 is 1.07 bits per heavy atom. The molecule has 1 heterocycles. The number of urea groups is 1. The maximum absolute atomic E-state index is 12.7. The molecule has 146 valence electrons. The lowest BCUT2D eigenvalue weighted by atomic mass is 9.91. The molecule has 0 saturated carbocycles. The third-order valence-corrected chi connectivity index (χ3v) is 4.35. The zero-order valence-electron chi connectivity index (χ0n) is 16.2. The molecule has 0 radical (unpaired) electrons. The summed E-state index contributed by atoms with van der Waals surface area (Å²) in [6, 6.07) is 15.8. The SMILES string of the molecule is CCOC(=O)C1=C(C(C)C)NC(=O)NC1c1cccc(Oc2ccccc2)c1. The molecule has 2 aromatic rings. The molecule has 0 fully saturated rings. The lowest BCUT2D eigenvalue weighted by molar-refractivity contribution is -0.139. The molecule has 6 heteroatoms. The molecule has 1 unspecified atom stereocenters. The molecular formula is C22H24N2O4. The Labute approximate surface area is 164 Å². The van der Waals surface area contributed by atoms with E-state index in [1.165, 1.54) is 0 Å². The highest BCUT2D eigenvalue weighted by Gasteiger charge is 2.34. The highest BCUT2D eigenvalue weighted by molar-refractivity contribution is 5.95. The lowest BCUT2D eigenvalue weighted by Gasteiger charge is -2.31. The van der Waals surface area contributed by atoms with E-state index in [0.29, 0.717) is 22.8 Å². The molecule has 28 heavy (non-hydrogen) atoms. The van der Waals surface area contributed by atoms with Gasteiger partial charge in [0.15, 0.2) is 0 Å². The van der Waals surface area contributed by atoms with E-state index in [-0.39, 0.29) is 18.6 Å². The van der Waals surface area contributed by atoms with E-state index in [1.54, 1.807) is 6.92 Å². The van der Waals surface area contributed by atoms with Gasteiger partial charge in [-0.15, -0.1) is 0 Å². The standard InChI is InChI=1S/C22H24N2O4/c1-4-27-21(25)18-19(14(2)3)23-22(26)24-20(18)15-9-8-12-17(13-15)28-16-10-6-5-7-11-16/h5-14,20H,4H2,1-3H3,(H2,23,24,26). The van der Waals surface area contributed by atoms with Crippen LogP contribution in [0.5, 0.6) is 11.5 Å². The maximum atomic E-state index is 12.7. The van der Waals surface area contributed by atoms with Gasteiger partial charge in [0.25, 0.3) is 0 Å². The predicted molar refractivity (Wildman–Crippen MR) is 106 cm³/mol. The van der Waals surface area contributed by atoms with E-state index in [0.717, 1.165) is 5.56 Å². The van der Waals surface area contributed by atoms with Crippen molar-refractivity contribution in [3.63, 3.8) is 0 Å². The van der Waals surface area contributed by atoms with Crippen LogP contribution in [0, 0.1) is 5.92 Å². The fourth-order valence-corrected chi connectivity index (χ4v) is 3.11. The Kier molecular flexibility index (Phi) is 5.99. The van der Waals surface area contributed by atoms with Crippen LogP contribution >= 0.6 is 0 Å². The Bertz CT molecular complexity index is 890. The number of esters is 1. The summed E-state index contributed by atoms with van der Waals surface area (Å²) in [6.45, 7) is 5.86. The molecule has 0 bridgehead atoms. The minimum Gasteiger partial charge on any atom is -0.463 e. The topological polar surface area (TPSA) is 76.7 Å². The van der Waals surface area contributed by atoms with Crippen LogP contribution in [0.1, 0.15) is 32.4 Å². The quantitative estimate of drug-likeness (QED) is 0.733. The third kappa shape index (κ3) is 4.34. The highest BCUT2D eigenvalue weighted by atomic mass is 16.5. The number of hydrogen-bond donors (Lipinski definition) is 2. The minimum atomic E-state index is -0.621. The van der Waals surface area contributed by atoms with E-state index >= 15 is 0 Å². The summed E-state index contributed by atoms with van der Waals surface area (Å²) in [4.78, 5) is 24.9. The van der Waals surface area contributed by atoms with Gasteiger partial charge in [-0.1, -0.05) is 44.2 Å². The number of carbonyl (C=O) groups is 2. The smallest absolute Gasteiger partial charge is 0.338 e. The van der Waals surface area contributed by atoms with Crippen LogP contribution in [0.3, 0.4) is 0 Å². The molecule has 3 rings (SSSR count). The van der Waals surface area contributed by atoms with Crippen molar-refractivity contribution in [1.29, 1.82) is 0 Å². The number of allylic oxidation sites excluding steroid dienone is 1. The van der Waals surface area contributed by atoms with Crippen molar-refractivity contribution in [3.8, 4) is 11.5 Å². The second-order valence-corrected chi connectivity index (χ2v) is 6.72. The summed E-state index contributed by atoms with van der Waals surface area (Å²) in [5.41, 5.74) is 1.72. The van der Waals surface area contributed by atoms with Gasteiger partial charge in [0, 0.05) is 5.70 Å². The van der Waals surface area contributed by atoms with Crippen molar-refractivity contribution in [2.45, 2.75) is 26.8 Å². The molecule has 1 aliphatic heterocycles. The Morgan fingerprint density at radius 2 is 1.79 bits per heavy atom. The zero-order valence-corrected chi connectivity index (χ0v) is 16.2. The van der Waals surface area contributed by atoms with Crippen LogP contribution in [0.25, 0.3) is 0 Å². The van der Waals surface area contributed by atoms with Gasteiger partial charge >= 0.3 is 12.0 Å². The fourth-order valence-electron chi connectivity index (χ4n) is 3.11. The van der Waals surface area contributed by atoms with E-state index in [9.17, 15) is 9.59 Å². The van der Waals surface area contributed by atoms with Gasteiger partial charge in [-0.05, 0) is 42.7 Å². The fraction of sp³-hybridized carbons (Fsp3) is 0.273. The summed E-state index contributed by atoms with van der Waals surface area (Å²) in [5.74, 6) is 0.832. The Balaban J connectivity index is 1.99. The molecule has 1 aliphatic rings. The number of ether oxygens (including phenoxy) is 2. The molecule has 2 aromatic carbocycles. The van der Waals surface area contributed by atoms with Crippen molar-refractivity contribution in [2.24, 2.45) is 5.92 Å². The van der Waals surface area contributed by atoms with Crippen molar-refractivity contribution in [1.82, 2.24) is 10.6 Å². The highest BCUT2D eigenvalue weighted by Crippen LogP contribution is 2.33. The van der Waals surface area contributed by atoms with Crippen molar-refractivity contribution < 1.29 is 19.1 Å². The average molecular weight is 380 g/mol. The summed E-state index contributed by atoms with van der Waals surface area (Å²) < 4.78 is 11.1. The summed E-state index contributed by atoms with van der Waals surface area (Å²) in [6.07, 6.45) is 0. The third-order valence-electron chi connectivity index (χ3n) is 4.35.